The Morgan fingerprint density at radius 2 is 1.88 bits per heavy atom. The molecule has 0 aliphatic carbocycles. The normalized spacial score (nSPS) is 19.2. The predicted octanol–water partition coefficient (Wildman–Crippen LogP) is 2.15. The quantitative estimate of drug-likeness (QED) is 0.864. The van der Waals surface area contributed by atoms with E-state index in [4.69, 9.17) is 4.74 Å². The average molecular weight is 234 g/mol. The van der Waals surface area contributed by atoms with Crippen molar-refractivity contribution < 1.29 is 4.74 Å². The molecule has 0 bridgehead atoms. The van der Waals surface area contributed by atoms with Crippen molar-refractivity contribution in [1.29, 1.82) is 0 Å². The minimum Gasteiger partial charge on any atom is -0.379 e. The van der Waals surface area contributed by atoms with Crippen molar-refractivity contribution >= 4 is 0 Å². The number of rotatable bonds is 4. The summed E-state index contributed by atoms with van der Waals surface area (Å²) in [6, 6.07) is 9.23. The molecule has 0 saturated carbocycles. The van der Waals surface area contributed by atoms with Crippen LogP contribution in [0.5, 0.6) is 0 Å². The molecule has 0 aromatic heterocycles. The summed E-state index contributed by atoms with van der Waals surface area (Å²) in [6.07, 6.45) is 1.10. The molecule has 1 aliphatic heterocycles. The minimum absolute atomic E-state index is 0.360. The first-order valence-electron chi connectivity index (χ1n) is 6.47. The molecule has 1 aromatic rings. The van der Waals surface area contributed by atoms with E-state index in [0.29, 0.717) is 6.04 Å². The topological polar surface area (TPSA) is 24.5 Å². The van der Waals surface area contributed by atoms with Gasteiger partial charge in [-0.3, -0.25) is 0 Å². The lowest BCUT2D eigenvalue weighted by Crippen LogP contribution is -2.46. The number of benzene rings is 1. The average Bonchev–Trinajstić information content (AvgIpc) is 2.40. The highest BCUT2D eigenvalue weighted by atomic mass is 16.5. The largest absolute Gasteiger partial charge is 0.379 e. The van der Waals surface area contributed by atoms with E-state index in [9.17, 15) is 0 Å². The number of hydrazine groups is 1. The summed E-state index contributed by atoms with van der Waals surface area (Å²) >= 11 is 0. The summed E-state index contributed by atoms with van der Waals surface area (Å²) in [7, 11) is 0. The zero-order valence-corrected chi connectivity index (χ0v) is 10.8. The molecule has 0 spiro atoms. The van der Waals surface area contributed by atoms with Crippen LogP contribution in [0, 0.1) is 0 Å². The second-order valence-electron chi connectivity index (χ2n) is 4.55. The van der Waals surface area contributed by atoms with Crippen LogP contribution in [-0.2, 0) is 11.2 Å². The summed E-state index contributed by atoms with van der Waals surface area (Å²) < 4.78 is 5.34. The van der Waals surface area contributed by atoms with E-state index in [0.717, 1.165) is 32.7 Å². The molecule has 3 nitrogen and oxygen atoms in total. The molecule has 1 aromatic carbocycles. The summed E-state index contributed by atoms with van der Waals surface area (Å²) in [5.74, 6) is 0. The molecule has 17 heavy (non-hydrogen) atoms. The maximum absolute atomic E-state index is 5.34. The first kappa shape index (κ1) is 12.6. The summed E-state index contributed by atoms with van der Waals surface area (Å²) in [5, 5.41) is 2.25. The van der Waals surface area contributed by atoms with Crippen LogP contribution in [0.1, 0.15) is 31.0 Å². The van der Waals surface area contributed by atoms with E-state index in [2.05, 4.69) is 48.5 Å². The number of morpholine rings is 1. The van der Waals surface area contributed by atoms with Crippen molar-refractivity contribution in [3.05, 3.63) is 35.4 Å². The Hall–Kier alpha value is -0.900. The van der Waals surface area contributed by atoms with Gasteiger partial charge in [-0.2, -0.15) is 0 Å². The molecule has 3 heteroatoms. The molecule has 0 amide bonds. The highest BCUT2D eigenvalue weighted by Crippen LogP contribution is 2.14. The Kier molecular flexibility index (Phi) is 4.54. The third-order valence-corrected chi connectivity index (χ3v) is 3.28. The maximum Gasteiger partial charge on any atom is 0.0608 e. The van der Waals surface area contributed by atoms with E-state index < -0.39 is 0 Å². The molecular weight excluding hydrogens is 212 g/mol. The predicted molar refractivity (Wildman–Crippen MR) is 69.8 cm³/mol. The maximum atomic E-state index is 5.34. The third-order valence-electron chi connectivity index (χ3n) is 3.28. The van der Waals surface area contributed by atoms with Gasteiger partial charge < -0.3 is 4.74 Å². The molecule has 1 aliphatic rings. The van der Waals surface area contributed by atoms with E-state index >= 15 is 0 Å². The molecule has 0 radical (unpaired) electrons. The lowest BCUT2D eigenvalue weighted by atomic mass is 10.1. The molecule has 1 unspecified atom stereocenters. The molecule has 94 valence electrons. The van der Waals surface area contributed by atoms with E-state index in [-0.39, 0.29) is 0 Å². The zero-order valence-electron chi connectivity index (χ0n) is 10.8. The molecule has 1 N–H and O–H groups in total. The number of hydrogen-bond acceptors (Lipinski definition) is 3. The van der Waals surface area contributed by atoms with Crippen LogP contribution >= 0.6 is 0 Å². The van der Waals surface area contributed by atoms with Gasteiger partial charge >= 0.3 is 0 Å². The van der Waals surface area contributed by atoms with Gasteiger partial charge in [-0.1, -0.05) is 31.2 Å². The van der Waals surface area contributed by atoms with Crippen LogP contribution in [0.2, 0.25) is 0 Å². The van der Waals surface area contributed by atoms with Gasteiger partial charge in [0.25, 0.3) is 0 Å². The second-order valence-corrected chi connectivity index (χ2v) is 4.55. The highest BCUT2D eigenvalue weighted by molar-refractivity contribution is 5.24. The summed E-state index contributed by atoms with van der Waals surface area (Å²) in [5.41, 5.74) is 6.26. The van der Waals surface area contributed by atoms with E-state index in [1.165, 1.54) is 11.1 Å². The SMILES string of the molecule is CCc1ccc(C(C)NN2CCOCC2)cc1. The highest BCUT2D eigenvalue weighted by Gasteiger charge is 2.13. The first-order chi connectivity index (χ1) is 8.29. The van der Waals surface area contributed by atoms with Gasteiger partial charge in [0.2, 0.25) is 0 Å². The molecule has 1 atom stereocenters. The van der Waals surface area contributed by atoms with Crippen molar-refractivity contribution in [3.8, 4) is 0 Å². The van der Waals surface area contributed by atoms with E-state index in [1.54, 1.807) is 0 Å². The number of ether oxygens (including phenoxy) is 1. The summed E-state index contributed by atoms with van der Waals surface area (Å²) in [4.78, 5) is 0. The fraction of sp³-hybridized carbons (Fsp3) is 0.571. The number of hydrogen-bond donors (Lipinski definition) is 1. The number of nitrogens with one attached hydrogen (secondary N) is 1. The fourth-order valence-corrected chi connectivity index (χ4v) is 2.08. The summed E-state index contributed by atoms with van der Waals surface area (Å²) in [6.45, 7) is 7.98. The van der Waals surface area contributed by atoms with Crippen molar-refractivity contribution in [2.45, 2.75) is 26.3 Å². The number of aryl methyl sites for hydroxylation is 1. The second kappa shape index (κ2) is 6.15. The van der Waals surface area contributed by atoms with Crippen LogP contribution < -0.4 is 5.43 Å². The molecule has 1 heterocycles. The van der Waals surface area contributed by atoms with Crippen LogP contribution in [0.4, 0.5) is 0 Å². The van der Waals surface area contributed by atoms with Crippen LogP contribution in [0.25, 0.3) is 0 Å². The molecule has 1 fully saturated rings. The molecule has 1 saturated heterocycles. The Bertz CT molecular complexity index is 331. The van der Waals surface area contributed by atoms with Gasteiger partial charge in [0, 0.05) is 19.1 Å². The van der Waals surface area contributed by atoms with Gasteiger partial charge in [0.15, 0.2) is 0 Å². The standard InChI is InChI=1S/C14H22N2O/c1-3-13-4-6-14(7-5-13)12(2)15-16-8-10-17-11-9-16/h4-7,12,15H,3,8-11H2,1-2H3. The number of nitrogens with zero attached hydrogens (tertiary/aromatic N) is 1. The third kappa shape index (κ3) is 3.53. The van der Waals surface area contributed by atoms with Gasteiger partial charge in [-0.25, -0.2) is 10.4 Å². The van der Waals surface area contributed by atoms with Crippen LogP contribution in [0.3, 0.4) is 0 Å². The van der Waals surface area contributed by atoms with Crippen LogP contribution in [0.15, 0.2) is 24.3 Å². The van der Waals surface area contributed by atoms with Gasteiger partial charge in [-0.05, 0) is 24.5 Å². The van der Waals surface area contributed by atoms with Crippen molar-refractivity contribution in [2.75, 3.05) is 26.3 Å². The first-order valence-corrected chi connectivity index (χ1v) is 6.47. The Morgan fingerprint density at radius 3 is 2.47 bits per heavy atom. The van der Waals surface area contributed by atoms with Crippen molar-refractivity contribution in [3.63, 3.8) is 0 Å². The molecular formula is C14H22N2O. The van der Waals surface area contributed by atoms with E-state index in [1.807, 2.05) is 0 Å². The lowest BCUT2D eigenvalue weighted by molar-refractivity contribution is 0.00484. The van der Waals surface area contributed by atoms with Crippen molar-refractivity contribution in [1.82, 2.24) is 10.4 Å². The van der Waals surface area contributed by atoms with Crippen LogP contribution in [-0.4, -0.2) is 31.3 Å². The zero-order chi connectivity index (χ0) is 12.1. The Labute approximate surface area is 104 Å². The molecule has 2 rings (SSSR count). The smallest absolute Gasteiger partial charge is 0.0608 e. The van der Waals surface area contributed by atoms with Gasteiger partial charge in [0.05, 0.1) is 13.2 Å². The fourth-order valence-electron chi connectivity index (χ4n) is 2.08. The Morgan fingerprint density at radius 1 is 1.24 bits per heavy atom. The monoisotopic (exact) mass is 234 g/mol. The van der Waals surface area contributed by atoms with Gasteiger partial charge in [-0.15, -0.1) is 0 Å². The lowest BCUT2D eigenvalue weighted by Gasteiger charge is -2.30. The van der Waals surface area contributed by atoms with Crippen molar-refractivity contribution in [2.24, 2.45) is 0 Å². The van der Waals surface area contributed by atoms with Gasteiger partial charge in [0.1, 0.15) is 0 Å². The minimum atomic E-state index is 0.360. The Balaban J connectivity index is 1.91.